The Morgan fingerprint density at radius 1 is 1.16 bits per heavy atom. The van der Waals surface area contributed by atoms with Crippen LogP contribution in [0.15, 0.2) is 0 Å². The predicted molar refractivity (Wildman–Crippen MR) is 85.6 cm³/mol. The van der Waals surface area contributed by atoms with E-state index in [9.17, 15) is 0 Å². The van der Waals surface area contributed by atoms with E-state index in [1.54, 1.807) is 0 Å². The zero-order chi connectivity index (χ0) is 14.5. The maximum absolute atomic E-state index is 3.70. The van der Waals surface area contributed by atoms with Gasteiger partial charge in [0.05, 0.1) is 0 Å². The summed E-state index contributed by atoms with van der Waals surface area (Å²) in [6.07, 6.45) is 5.43. The van der Waals surface area contributed by atoms with Gasteiger partial charge in [0, 0.05) is 25.2 Å². The average Bonchev–Trinajstić information content (AvgIpc) is 2.74. The predicted octanol–water partition coefficient (Wildman–Crippen LogP) is 3.91. The van der Waals surface area contributed by atoms with E-state index in [-0.39, 0.29) is 5.54 Å². The molecule has 1 fully saturated rings. The standard InChI is InChI=1S/C17H36N2/c1-7-9-15-10-11-19(12-15)14-17(6,8-2)13-18-16(3,4)5/h15,18H,7-14H2,1-6H3. The van der Waals surface area contributed by atoms with Crippen molar-refractivity contribution in [2.75, 3.05) is 26.2 Å². The lowest BCUT2D eigenvalue weighted by Crippen LogP contribution is -2.47. The maximum atomic E-state index is 3.70. The van der Waals surface area contributed by atoms with E-state index in [2.05, 4.69) is 51.8 Å². The molecule has 2 nitrogen and oxygen atoms in total. The van der Waals surface area contributed by atoms with E-state index in [4.69, 9.17) is 0 Å². The van der Waals surface area contributed by atoms with Gasteiger partial charge >= 0.3 is 0 Å². The van der Waals surface area contributed by atoms with Crippen molar-refractivity contribution in [3.63, 3.8) is 0 Å². The van der Waals surface area contributed by atoms with Gasteiger partial charge < -0.3 is 10.2 Å². The van der Waals surface area contributed by atoms with Gasteiger partial charge in [-0.05, 0) is 57.9 Å². The zero-order valence-electron chi connectivity index (χ0n) is 14.2. The van der Waals surface area contributed by atoms with Gasteiger partial charge in [0.15, 0.2) is 0 Å². The number of hydrogen-bond donors (Lipinski definition) is 1. The highest BCUT2D eigenvalue weighted by molar-refractivity contribution is 4.86. The minimum atomic E-state index is 0.228. The van der Waals surface area contributed by atoms with Crippen LogP contribution in [0.4, 0.5) is 0 Å². The van der Waals surface area contributed by atoms with Crippen molar-refractivity contribution in [2.45, 2.75) is 72.8 Å². The van der Waals surface area contributed by atoms with Gasteiger partial charge in [-0.25, -0.2) is 0 Å². The smallest absolute Gasteiger partial charge is 0.00967 e. The first-order valence-electron chi connectivity index (χ1n) is 8.25. The fourth-order valence-corrected chi connectivity index (χ4v) is 3.01. The molecule has 19 heavy (non-hydrogen) atoms. The maximum Gasteiger partial charge on any atom is 0.00967 e. The lowest BCUT2D eigenvalue weighted by atomic mass is 9.86. The molecule has 1 rings (SSSR count). The molecule has 2 unspecified atom stereocenters. The molecular weight excluding hydrogens is 232 g/mol. The van der Waals surface area contributed by atoms with Crippen molar-refractivity contribution < 1.29 is 0 Å². The van der Waals surface area contributed by atoms with Crippen LogP contribution in [0, 0.1) is 11.3 Å². The minimum Gasteiger partial charge on any atom is -0.311 e. The van der Waals surface area contributed by atoms with Crippen LogP contribution in [0.3, 0.4) is 0 Å². The van der Waals surface area contributed by atoms with Crippen LogP contribution in [-0.4, -0.2) is 36.6 Å². The molecule has 0 radical (unpaired) electrons. The molecule has 0 saturated carbocycles. The first-order chi connectivity index (χ1) is 8.78. The Labute approximate surface area is 121 Å². The van der Waals surface area contributed by atoms with Crippen LogP contribution in [0.1, 0.15) is 67.2 Å². The molecule has 0 bridgehead atoms. The molecule has 1 saturated heterocycles. The van der Waals surface area contributed by atoms with Crippen molar-refractivity contribution in [3.05, 3.63) is 0 Å². The molecule has 0 aromatic rings. The van der Waals surface area contributed by atoms with Crippen molar-refractivity contribution in [1.82, 2.24) is 10.2 Å². The first kappa shape index (κ1) is 17.0. The summed E-state index contributed by atoms with van der Waals surface area (Å²) in [5, 5.41) is 3.70. The molecule has 114 valence electrons. The van der Waals surface area contributed by atoms with Gasteiger partial charge in [-0.1, -0.05) is 27.2 Å². The Hall–Kier alpha value is -0.0800. The summed E-state index contributed by atoms with van der Waals surface area (Å²) >= 11 is 0. The first-order valence-corrected chi connectivity index (χ1v) is 8.25. The largest absolute Gasteiger partial charge is 0.311 e. The molecule has 0 spiro atoms. The summed E-state index contributed by atoms with van der Waals surface area (Å²) in [6.45, 7) is 18.9. The SMILES string of the molecule is CCCC1CCN(CC(C)(CC)CNC(C)(C)C)C1. The number of rotatable bonds is 7. The lowest BCUT2D eigenvalue weighted by molar-refractivity contribution is 0.164. The molecule has 1 N–H and O–H groups in total. The van der Waals surface area contributed by atoms with Gasteiger partial charge in [0.1, 0.15) is 0 Å². The quantitative estimate of drug-likeness (QED) is 0.753. The summed E-state index contributed by atoms with van der Waals surface area (Å²) in [7, 11) is 0. The third-order valence-corrected chi connectivity index (χ3v) is 4.57. The summed E-state index contributed by atoms with van der Waals surface area (Å²) in [4.78, 5) is 2.70. The average molecular weight is 268 g/mol. The highest BCUT2D eigenvalue weighted by atomic mass is 15.2. The second-order valence-corrected chi connectivity index (χ2v) is 7.95. The second kappa shape index (κ2) is 7.08. The normalized spacial score (nSPS) is 24.6. The topological polar surface area (TPSA) is 15.3 Å². The third-order valence-electron chi connectivity index (χ3n) is 4.57. The number of nitrogens with zero attached hydrogens (tertiary/aromatic N) is 1. The molecule has 1 heterocycles. The van der Waals surface area contributed by atoms with Crippen molar-refractivity contribution >= 4 is 0 Å². The van der Waals surface area contributed by atoms with Gasteiger partial charge in [-0.15, -0.1) is 0 Å². The van der Waals surface area contributed by atoms with E-state index in [0.717, 1.165) is 12.5 Å². The summed E-state index contributed by atoms with van der Waals surface area (Å²) in [6, 6.07) is 0. The Balaban J connectivity index is 2.43. The molecule has 2 heteroatoms. The van der Waals surface area contributed by atoms with E-state index < -0.39 is 0 Å². The van der Waals surface area contributed by atoms with Crippen LogP contribution in [0.5, 0.6) is 0 Å². The van der Waals surface area contributed by atoms with Crippen LogP contribution in [0.2, 0.25) is 0 Å². The van der Waals surface area contributed by atoms with E-state index in [1.807, 2.05) is 0 Å². The van der Waals surface area contributed by atoms with Crippen molar-refractivity contribution in [1.29, 1.82) is 0 Å². The van der Waals surface area contributed by atoms with Gasteiger partial charge in [0.2, 0.25) is 0 Å². The Morgan fingerprint density at radius 3 is 2.37 bits per heavy atom. The molecule has 0 aromatic carbocycles. The lowest BCUT2D eigenvalue weighted by Gasteiger charge is -2.36. The zero-order valence-corrected chi connectivity index (χ0v) is 14.2. The Kier molecular flexibility index (Phi) is 6.32. The van der Waals surface area contributed by atoms with E-state index in [0.29, 0.717) is 5.41 Å². The number of likely N-dealkylation sites (tertiary alicyclic amines) is 1. The minimum absolute atomic E-state index is 0.228. The molecule has 0 aromatic heterocycles. The molecule has 1 aliphatic heterocycles. The summed E-state index contributed by atoms with van der Waals surface area (Å²) in [5.74, 6) is 0.960. The molecular formula is C17H36N2. The van der Waals surface area contributed by atoms with Crippen LogP contribution < -0.4 is 5.32 Å². The highest BCUT2D eigenvalue weighted by Crippen LogP contribution is 2.28. The van der Waals surface area contributed by atoms with Crippen LogP contribution >= 0.6 is 0 Å². The van der Waals surface area contributed by atoms with Gasteiger partial charge in [-0.2, -0.15) is 0 Å². The third kappa shape index (κ3) is 6.27. The van der Waals surface area contributed by atoms with Crippen molar-refractivity contribution in [2.24, 2.45) is 11.3 Å². The molecule has 2 atom stereocenters. The van der Waals surface area contributed by atoms with Crippen LogP contribution in [-0.2, 0) is 0 Å². The number of hydrogen-bond acceptors (Lipinski definition) is 2. The fraction of sp³-hybridized carbons (Fsp3) is 1.00. The highest BCUT2D eigenvalue weighted by Gasteiger charge is 2.30. The Morgan fingerprint density at radius 2 is 1.84 bits per heavy atom. The van der Waals surface area contributed by atoms with Gasteiger partial charge in [-0.3, -0.25) is 0 Å². The fourth-order valence-electron chi connectivity index (χ4n) is 3.01. The van der Waals surface area contributed by atoms with Gasteiger partial charge in [0.25, 0.3) is 0 Å². The molecule has 1 aliphatic rings. The van der Waals surface area contributed by atoms with Crippen molar-refractivity contribution in [3.8, 4) is 0 Å². The summed E-state index contributed by atoms with van der Waals surface area (Å²) in [5.41, 5.74) is 0.639. The second-order valence-electron chi connectivity index (χ2n) is 7.95. The molecule has 0 amide bonds. The van der Waals surface area contributed by atoms with E-state index in [1.165, 1.54) is 45.3 Å². The Bertz CT molecular complexity index is 256. The van der Waals surface area contributed by atoms with Crippen LogP contribution in [0.25, 0.3) is 0 Å². The number of nitrogens with one attached hydrogen (secondary N) is 1. The monoisotopic (exact) mass is 268 g/mol. The van der Waals surface area contributed by atoms with E-state index >= 15 is 0 Å². The molecule has 0 aliphatic carbocycles. The summed E-state index contributed by atoms with van der Waals surface area (Å²) < 4.78 is 0.